The Morgan fingerprint density at radius 3 is 2.40 bits per heavy atom. The van der Waals surface area contributed by atoms with E-state index in [2.05, 4.69) is 43.3 Å². The SMILES string of the molecule is Cc1ccc(CCC(C)(C)CC(=O)O)c2ccccc12. The summed E-state index contributed by atoms with van der Waals surface area (Å²) in [7, 11) is 0. The minimum atomic E-state index is -0.719. The Morgan fingerprint density at radius 1 is 1.10 bits per heavy atom. The second kappa shape index (κ2) is 5.66. The summed E-state index contributed by atoms with van der Waals surface area (Å²) in [5.41, 5.74) is 2.43. The molecule has 2 rings (SSSR count). The van der Waals surface area contributed by atoms with Crippen LogP contribution >= 0.6 is 0 Å². The Balaban J connectivity index is 2.23. The number of benzene rings is 2. The third kappa shape index (κ3) is 3.38. The third-order valence-electron chi connectivity index (χ3n) is 3.93. The number of fused-ring (bicyclic) bond motifs is 1. The van der Waals surface area contributed by atoms with E-state index < -0.39 is 5.97 Å². The lowest BCUT2D eigenvalue weighted by Crippen LogP contribution is -2.17. The van der Waals surface area contributed by atoms with Crippen molar-refractivity contribution >= 4 is 16.7 Å². The Morgan fingerprint density at radius 2 is 1.75 bits per heavy atom. The second-order valence-electron chi connectivity index (χ2n) is 6.32. The van der Waals surface area contributed by atoms with Gasteiger partial charge in [0.15, 0.2) is 0 Å². The first-order valence-electron chi connectivity index (χ1n) is 7.08. The fourth-order valence-corrected chi connectivity index (χ4v) is 2.70. The maximum Gasteiger partial charge on any atom is 0.303 e. The monoisotopic (exact) mass is 270 g/mol. The number of hydrogen-bond acceptors (Lipinski definition) is 1. The maximum atomic E-state index is 10.9. The number of rotatable bonds is 5. The summed E-state index contributed by atoms with van der Waals surface area (Å²) >= 11 is 0. The van der Waals surface area contributed by atoms with E-state index in [1.54, 1.807) is 0 Å². The molecule has 0 radical (unpaired) electrons. The quantitative estimate of drug-likeness (QED) is 0.863. The molecule has 106 valence electrons. The minimum Gasteiger partial charge on any atom is -0.481 e. The fraction of sp³-hybridized carbons (Fsp3) is 0.389. The molecular weight excluding hydrogens is 248 g/mol. The van der Waals surface area contributed by atoms with Gasteiger partial charge < -0.3 is 5.11 Å². The molecule has 0 fully saturated rings. The van der Waals surface area contributed by atoms with E-state index in [-0.39, 0.29) is 11.8 Å². The third-order valence-corrected chi connectivity index (χ3v) is 3.93. The van der Waals surface area contributed by atoms with E-state index in [1.165, 1.54) is 21.9 Å². The van der Waals surface area contributed by atoms with E-state index in [0.717, 1.165) is 12.8 Å². The van der Waals surface area contributed by atoms with Gasteiger partial charge in [-0.15, -0.1) is 0 Å². The molecule has 0 heterocycles. The number of hydrogen-bond donors (Lipinski definition) is 1. The first-order valence-corrected chi connectivity index (χ1v) is 7.08. The fourth-order valence-electron chi connectivity index (χ4n) is 2.70. The maximum absolute atomic E-state index is 10.9. The number of aryl methyl sites for hydroxylation is 2. The molecule has 2 aromatic rings. The van der Waals surface area contributed by atoms with Crippen molar-refractivity contribution in [1.82, 2.24) is 0 Å². The topological polar surface area (TPSA) is 37.3 Å². The van der Waals surface area contributed by atoms with Crippen molar-refractivity contribution in [3.8, 4) is 0 Å². The lowest BCUT2D eigenvalue weighted by Gasteiger charge is -2.22. The lowest BCUT2D eigenvalue weighted by molar-refractivity contribution is -0.139. The standard InChI is InChI=1S/C18H22O2/c1-13-8-9-14(16-7-5-4-6-15(13)16)10-11-18(2,3)12-17(19)20/h4-9H,10-12H2,1-3H3,(H,19,20). The van der Waals surface area contributed by atoms with Crippen molar-refractivity contribution in [2.45, 2.75) is 40.0 Å². The van der Waals surface area contributed by atoms with Gasteiger partial charge in [0, 0.05) is 0 Å². The summed E-state index contributed by atoms with van der Waals surface area (Å²) in [6.07, 6.45) is 2.02. The van der Waals surface area contributed by atoms with Gasteiger partial charge in [-0.2, -0.15) is 0 Å². The zero-order chi connectivity index (χ0) is 14.8. The van der Waals surface area contributed by atoms with Crippen LogP contribution in [0.5, 0.6) is 0 Å². The number of carboxylic acid groups (broad SMARTS) is 1. The highest BCUT2D eigenvalue weighted by molar-refractivity contribution is 5.88. The molecule has 0 saturated heterocycles. The summed E-state index contributed by atoms with van der Waals surface area (Å²) in [5, 5.41) is 11.5. The molecule has 0 aliphatic carbocycles. The molecule has 20 heavy (non-hydrogen) atoms. The van der Waals surface area contributed by atoms with Gasteiger partial charge in [0.1, 0.15) is 0 Å². The van der Waals surface area contributed by atoms with Crippen LogP contribution in [-0.4, -0.2) is 11.1 Å². The molecule has 0 atom stereocenters. The largest absolute Gasteiger partial charge is 0.481 e. The van der Waals surface area contributed by atoms with Gasteiger partial charge in [-0.25, -0.2) is 0 Å². The summed E-state index contributed by atoms with van der Waals surface area (Å²) in [6, 6.07) is 12.8. The Labute approximate surface area is 120 Å². The van der Waals surface area contributed by atoms with Crippen LogP contribution in [0.25, 0.3) is 10.8 Å². The highest BCUT2D eigenvalue weighted by Gasteiger charge is 2.21. The van der Waals surface area contributed by atoms with E-state index >= 15 is 0 Å². The predicted octanol–water partition coefficient (Wildman–Crippen LogP) is 4.58. The highest BCUT2D eigenvalue weighted by Crippen LogP contribution is 2.30. The van der Waals surface area contributed by atoms with Crippen LogP contribution < -0.4 is 0 Å². The average molecular weight is 270 g/mol. The van der Waals surface area contributed by atoms with Crippen LogP contribution in [0.15, 0.2) is 36.4 Å². The summed E-state index contributed by atoms with van der Waals surface area (Å²) in [6.45, 7) is 6.18. The molecule has 0 unspecified atom stereocenters. The Hall–Kier alpha value is -1.83. The molecule has 0 bridgehead atoms. The van der Waals surface area contributed by atoms with Crippen molar-refractivity contribution in [3.63, 3.8) is 0 Å². The van der Waals surface area contributed by atoms with Gasteiger partial charge in [0.2, 0.25) is 0 Å². The molecule has 2 aromatic carbocycles. The van der Waals surface area contributed by atoms with Crippen LogP contribution in [-0.2, 0) is 11.2 Å². The van der Waals surface area contributed by atoms with Crippen LogP contribution in [0.3, 0.4) is 0 Å². The summed E-state index contributed by atoms with van der Waals surface area (Å²) in [5.74, 6) is -0.719. The molecular formula is C18H22O2. The van der Waals surface area contributed by atoms with Gasteiger partial charge >= 0.3 is 5.97 Å². The lowest BCUT2D eigenvalue weighted by atomic mass is 9.82. The molecule has 0 aliphatic rings. The van der Waals surface area contributed by atoms with Crippen LogP contribution in [0.1, 0.15) is 37.8 Å². The van der Waals surface area contributed by atoms with Crippen LogP contribution in [0.2, 0.25) is 0 Å². The summed E-state index contributed by atoms with van der Waals surface area (Å²) in [4.78, 5) is 10.9. The Kier molecular flexibility index (Phi) is 4.12. The average Bonchev–Trinajstić information content (AvgIpc) is 2.37. The van der Waals surface area contributed by atoms with E-state index in [0.29, 0.717) is 0 Å². The molecule has 0 spiro atoms. The smallest absolute Gasteiger partial charge is 0.303 e. The number of aliphatic carboxylic acids is 1. The minimum absolute atomic E-state index is 0.169. The summed E-state index contributed by atoms with van der Waals surface area (Å²) < 4.78 is 0. The van der Waals surface area contributed by atoms with E-state index in [1.807, 2.05) is 13.8 Å². The van der Waals surface area contributed by atoms with Gasteiger partial charge in [-0.1, -0.05) is 50.2 Å². The second-order valence-corrected chi connectivity index (χ2v) is 6.32. The first-order chi connectivity index (χ1) is 9.39. The predicted molar refractivity (Wildman–Crippen MR) is 83.0 cm³/mol. The molecule has 1 N–H and O–H groups in total. The van der Waals surface area contributed by atoms with Crippen molar-refractivity contribution < 1.29 is 9.90 Å². The Bertz CT molecular complexity index is 626. The van der Waals surface area contributed by atoms with E-state index in [4.69, 9.17) is 5.11 Å². The molecule has 0 amide bonds. The van der Waals surface area contributed by atoms with Crippen molar-refractivity contribution in [1.29, 1.82) is 0 Å². The first kappa shape index (κ1) is 14.6. The van der Waals surface area contributed by atoms with Gasteiger partial charge in [0.05, 0.1) is 6.42 Å². The molecule has 0 aliphatic heterocycles. The zero-order valence-corrected chi connectivity index (χ0v) is 12.4. The number of carbonyl (C=O) groups is 1. The van der Waals surface area contributed by atoms with Gasteiger partial charge in [-0.05, 0) is 47.1 Å². The molecule has 2 nitrogen and oxygen atoms in total. The highest BCUT2D eigenvalue weighted by atomic mass is 16.4. The van der Waals surface area contributed by atoms with Crippen molar-refractivity contribution in [3.05, 3.63) is 47.5 Å². The van der Waals surface area contributed by atoms with E-state index in [9.17, 15) is 4.79 Å². The van der Waals surface area contributed by atoms with Crippen molar-refractivity contribution in [2.24, 2.45) is 5.41 Å². The normalized spacial score (nSPS) is 11.8. The number of carboxylic acids is 1. The van der Waals surface area contributed by atoms with Gasteiger partial charge in [-0.3, -0.25) is 4.79 Å². The van der Waals surface area contributed by atoms with Gasteiger partial charge in [0.25, 0.3) is 0 Å². The molecule has 0 saturated carbocycles. The molecule has 0 aromatic heterocycles. The van der Waals surface area contributed by atoms with Crippen molar-refractivity contribution in [2.75, 3.05) is 0 Å². The zero-order valence-electron chi connectivity index (χ0n) is 12.4. The van der Waals surface area contributed by atoms with Crippen LogP contribution in [0.4, 0.5) is 0 Å². The van der Waals surface area contributed by atoms with Crippen LogP contribution in [0, 0.1) is 12.3 Å². The molecule has 2 heteroatoms.